The molecule has 0 N–H and O–H groups in total. The molecular formula is C29H23Cl2NOS. The Morgan fingerprint density at radius 1 is 0.676 bits per heavy atom. The van der Waals surface area contributed by atoms with Crippen molar-refractivity contribution < 1.29 is 4.84 Å². The molecule has 2 nitrogen and oxygen atoms in total. The van der Waals surface area contributed by atoms with Gasteiger partial charge in [-0.25, -0.2) is 0 Å². The summed E-state index contributed by atoms with van der Waals surface area (Å²) in [5.74, 6) is -0.0297. The van der Waals surface area contributed by atoms with Crippen LogP contribution in [0.4, 0.5) is 0 Å². The Balaban J connectivity index is 1.62. The van der Waals surface area contributed by atoms with E-state index in [1.165, 1.54) is 16.7 Å². The highest BCUT2D eigenvalue weighted by Gasteiger charge is 2.44. The van der Waals surface area contributed by atoms with Crippen molar-refractivity contribution in [3.8, 4) is 0 Å². The molecule has 5 rings (SSSR count). The van der Waals surface area contributed by atoms with Gasteiger partial charge in [-0.15, -0.1) is 0 Å². The second-order valence-corrected chi connectivity index (χ2v) is 10.4. The number of benzene rings is 4. The number of halogens is 2. The lowest BCUT2D eigenvalue weighted by Gasteiger charge is -2.37. The normalized spacial score (nSPS) is 17.8. The van der Waals surface area contributed by atoms with Crippen LogP contribution in [0.25, 0.3) is 0 Å². The molecule has 1 aliphatic rings. The zero-order valence-corrected chi connectivity index (χ0v) is 20.9. The van der Waals surface area contributed by atoms with Crippen LogP contribution in [0.1, 0.15) is 29.2 Å². The lowest BCUT2D eigenvalue weighted by atomic mass is 9.84. The first-order chi connectivity index (χ1) is 16.6. The van der Waals surface area contributed by atoms with Gasteiger partial charge in [0.25, 0.3) is 0 Å². The Morgan fingerprint density at radius 3 is 1.56 bits per heavy atom. The summed E-state index contributed by atoms with van der Waals surface area (Å²) in [6.45, 7) is 2.12. The molecule has 170 valence electrons. The Hall–Kier alpha value is -2.72. The molecule has 0 spiro atoms. The van der Waals surface area contributed by atoms with Crippen molar-refractivity contribution >= 4 is 40.7 Å². The van der Waals surface area contributed by atoms with E-state index in [-0.39, 0.29) is 11.4 Å². The molecule has 34 heavy (non-hydrogen) atoms. The van der Waals surface area contributed by atoms with Gasteiger partial charge in [-0.2, -0.15) is 0 Å². The summed E-state index contributed by atoms with van der Waals surface area (Å²) < 4.78 is -0.502. The Kier molecular flexibility index (Phi) is 6.69. The third-order valence-electron chi connectivity index (χ3n) is 6.15. The predicted molar refractivity (Wildman–Crippen MR) is 144 cm³/mol. The lowest BCUT2D eigenvalue weighted by molar-refractivity contribution is 0.130. The van der Waals surface area contributed by atoms with Gasteiger partial charge in [-0.3, -0.25) is 0 Å². The smallest absolute Gasteiger partial charge is 0.182 e. The molecule has 0 radical (unpaired) electrons. The minimum absolute atomic E-state index is 0.0297. The highest BCUT2D eigenvalue weighted by molar-refractivity contribution is 8.01. The molecule has 2 atom stereocenters. The van der Waals surface area contributed by atoms with Gasteiger partial charge in [0.2, 0.25) is 0 Å². The minimum atomic E-state index is -0.502. The van der Waals surface area contributed by atoms with E-state index in [1.807, 2.05) is 36.4 Å². The Bertz CT molecular complexity index is 1180. The maximum atomic E-state index is 6.52. The number of oxime groups is 1. The fraction of sp³-hybridized carbons (Fsp3) is 0.138. The first-order valence-electron chi connectivity index (χ1n) is 11.1. The molecule has 4 aromatic rings. The molecule has 5 heteroatoms. The van der Waals surface area contributed by atoms with Crippen molar-refractivity contribution in [2.75, 3.05) is 0 Å². The van der Waals surface area contributed by atoms with Gasteiger partial charge < -0.3 is 4.84 Å². The SMILES string of the molecule is C[C@H]1C(c2c(Cl)cccc2Cl)=NO[C@@H]1SC(c1ccccc1)(c1ccccc1)c1ccccc1. The standard InChI is InChI=1S/C29H23Cl2NOS/c1-20-27(26-24(30)18-11-19-25(26)31)32-33-28(20)34-29(21-12-5-2-6-13-21,22-14-7-3-8-15-22)23-16-9-4-10-17-23/h2-20,28H,1H3/t20-,28+/m0/s1. The van der Waals surface area contributed by atoms with E-state index in [2.05, 4.69) is 84.9 Å². The van der Waals surface area contributed by atoms with Crippen molar-refractivity contribution in [3.05, 3.63) is 141 Å². The number of hydrogen-bond donors (Lipinski definition) is 0. The fourth-order valence-electron chi connectivity index (χ4n) is 4.45. The van der Waals surface area contributed by atoms with Crippen molar-refractivity contribution in [1.82, 2.24) is 0 Å². The third kappa shape index (κ3) is 4.13. The first-order valence-corrected chi connectivity index (χ1v) is 12.8. The summed E-state index contributed by atoms with van der Waals surface area (Å²) in [6.07, 6.45) is 0. The van der Waals surface area contributed by atoms with Crippen molar-refractivity contribution in [2.45, 2.75) is 17.1 Å². The summed E-state index contributed by atoms with van der Waals surface area (Å²) in [7, 11) is 0. The number of hydrogen-bond acceptors (Lipinski definition) is 3. The van der Waals surface area contributed by atoms with Crippen LogP contribution in [-0.2, 0) is 9.58 Å². The minimum Gasteiger partial charge on any atom is -0.380 e. The maximum Gasteiger partial charge on any atom is 0.182 e. The topological polar surface area (TPSA) is 21.6 Å². The van der Waals surface area contributed by atoms with Crippen molar-refractivity contribution in [3.63, 3.8) is 0 Å². The van der Waals surface area contributed by atoms with E-state index in [1.54, 1.807) is 11.8 Å². The molecule has 1 heterocycles. The van der Waals surface area contributed by atoms with Crippen LogP contribution in [0.3, 0.4) is 0 Å². The van der Waals surface area contributed by atoms with Gasteiger partial charge in [0.15, 0.2) is 5.44 Å². The van der Waals surface area contributed by atoms with Gasteiger partial charge in [0, 0.05) is 5.56 Å². The molecule has 0 bridgehead atoms. The van der Waals surface area contributed by atoms with Crippen LogP contribution >= 0.6 is 35.0 Å². The molecule has 0 saturated heterocycles. The molecular weight excluding hydrogens is 481 g/mol. The largest absolute Gasteiger partial charge is 0.380 e. The van der Waals surface area contributed by atoms with Gasteiger partial charge in [-0.05, 0) is 28.8 Å². The zero-order chi connectivity index (χ0) is 23.5. The quantitative estimate of drug-likeness (QED) is 0.246. The Labute approximate surface area is 214 Å². The highest BCUT2D eigenvalue weighted by Crippen LogP contribution is 2.53. The summed E-state index contributed by atoms with van der Waals surface area (Å²) in [4.78, 5) is 6.10. The van der Waals surface area contributed by atoms with Crippen LogP contribution < -0.4 is 0 Å². The number of thioether (sulfide) groups is 1. The van der Waals surface area contributed by atoms with Crippen LogP contribution in [-0.4, -0.2) is 11.1 Å². The van der Waals surface area contributed by atoms with E-state index in [0.717, 1.165) is 11.3 Å². The molecule has 0 amide bonds. The van der Waals surface area contributed by atoms with Crippen molar-refractivity contribution in [2.24, 2.45) is 11.1 Å². The second kappa shape index (κ2) is 9.87. The maximum absolute atomic E-state index is 6.52. The molecule has 4 aromatic carbocycles. The third-order valence-corrected chi connectivity index (χ3v) is 8.56. The summed E-state index contributed by atoms with van der Waals surface area (Å²) >= 11 is 14.8. The van der Waals surface area contributed by atoms with Crippen LogP contribution in [0.15, 0.2) is 114 Å². The van der Waals surface area contributed by atoms with E-state index in [0.29, 0.717) is 10.0 Å². The van der Waals surface area contributed by atoms with Gasteiger partial charge in [-0.1, -0.05) is 144 Å². The molecule has 0 aromatic heterocycles. The summed E-state index contributed by atoms with van der Waals surface area (Å²) in [5, 5.41) is 5.64. The summed E-state index contributed by atoms with van der Waals surface area (Å²) in [6, 6.07) is 37.2. The van der Waals surface area contributed by atoms with E-state index in [9.17, 15) is 0 Å². The average Bonchev–Trinajstić information content (AvgIpc) is 3.23. The van der Waals surface area contributed by atoms with Crippen molar-refractivity contribution in [1.29, 1.82) is 0 Å². The van der Waals surface area contributed by atoms with Crippen LogP contribution in [0.5, 0.6) is 0 Å². The van der Waals surface area contributed by atoms with E-state index < -0.39 is 4.75 Å². The molecule has 0 aliphatic carbocycles. The second-order valence-electron chi connectivity index (χ2n) is 8.23. The molecule has 1 aliphatic heterocycles. The molecule has 0 unspecified atom stereocenters. The lowest BCUT2D eigenvalue weighted by Crippen LogP contribution is -2.31. The average molecular weight is 504 g/mol. The molecule has 0 saturated carbocycles. The number of nitrogens with zero attached hydrogens (tertiary/aromatic N) is 1. The van der Waals surface area contributed by atoms with E-state index >= 15 is 0 Å². The number of rotatable bonds is 6. The van der Waals surface area contributed by atoms with Crippen LogP contribution in [0.2, 0.25) is 10.0 Å². The van der Waals surface area contributed by atoms with E-state index in [4.69, 9.17) is 28.0 Å². The predicted octanol–water partition coefficient (Wildman–Crippen LogP) is 8.42. The van der Waals surface area contributed by atoms with Crippen LogP contribution in [0, 0.1) is 5.92 Å². The monoisotopic (exact) mass is 503 g/mol. The van der Waals surface area contributed by atoms with Gasteiger partial charge >= 0.3 is 0 Å². The van der Waals surface area contributed by atoms with Gasteiger partial charge in [0.05, 0.1) is 26.4 Å². The fourth-order valence-corrected chi connectivity index (χ4v) is 6.62. The molecule has 0 fully saturated rings. The highest BCUT2D eigenvalue weighted by atomic mass is 35.5. The summed E-state index contributed by atoms with van der Waals surface area (Å²) in [5.41, 5.74) is 4.80. The zero-order valence-electron chi connectivity index (χ0n) is 18.6. The first kappa shape index (κ1) is 23.0. The Morgan fingerprint density at radius 2 is 1.12 bits per heavy atom. The van der Waals surface area contributed by atoms with Gasteiger partial charge in [0.1, 0.15) is 0 Å².